The lowest BCUT2D eigenvalue weighted by Crippen LogP contribution is -2.33. The van der Waals surface area contributed by atoms with Gasteiger partial charge in [-0.25, -0.2) is 0 Å². The van der Waals surface area contributed by atoms with Gasteiger partial charge < -0.3 is 15.2 Å². The van der Waals surface area contributed by atoms with Crippen LogP contribution in [-0.2, 0) is 5.41 Å². The Morgan fingerprint density at radius 3 is 2.72 bits per heavy atom. The third-order valence-electron chi connectivity index (χ3n) is 5.96. The predicted molar refractivity (Wildman–Crippen MR) is 99.9 cm³/mol. The molecule has 4 atom stereocenters. The fraction of sp³-hybridized carbons (Fsp3) is 0.455. The van der Waals surface area contributed by atoms with Gasteiger partial charge in [0, 0.05) is 11.0 Å². The molecule has 2 aliphatic rings. The summed E-state index contributed by atoms with van der Waals surface area (Å²) in [6.07, 6.45) is 1.89. The molecule has 2 N–H and O–H groups in total. The monoisotopic (exact) mass is 337 g/mol. The topological polar surface area (TPSA) is 41.5 Å². The summed E-state index contributed by atoms with van der Waals surface area (Å²) in [5.74, 6) is 1.67. The van der Waals surface area contributed by atoms with Crippen LogP contribution in [-0.4, -0.2) is 24.4 Å². The second-order valence-corrected chi connectivity index (χ2v) is 7.69. The lowest BCUT2D eigenvalue weighted by molar-refractivity contribution is 0.144. The molecule has 1 saturated carbocycles. The van der Waals surface area contributed by atoms with Crippen molar-refractivity contribution in [2.24, 2.45) is 5.92 Å². The molecule has 1 spiro atoms. The van der Waals surface area contributed by atoms with Gasteiger partial charge in [-0.2, -0.15) is 0 Å². The molecule has 1 fully saturated rings. The van der Waals surface area contributed by atoms with Gasteiger partial charge >= 0.3 is 0 Å². The minimum atomic E-state index is -0.417. The molecular formula is C22H27NO2. The van der Waals surface area contributed by atoms with Gasteiger partial charge in [0.1, 0.15) is 5.75 Å². The van der Waals surface area contributed by atoms with Gasteiger partial charge in [0.25, 0.3) is 0 Å². The second-order valence-electron chi connectivity index (χ2n) is 7.69. The van der Waals surface area contributed by atoms with Gasteiger partial charge in [0.15, 0.2) is 0 Å². The summed E-state index contributed by atoms with van der Waals surface area (Å²) in [6, 6.07) is 16.9. The van der Waals surface area contributed by atoms with Gasteiger partial charge in [-0.1, -0.05) is 48.0 Å². The maximum absolute atomic E-state index is 10.2. The van der Waals surface area contributed by atoms with Crippen LogP contribution in [0.15, 0.2) is 48.5 Å². The quantitative estimate of drug-likeness (QED) is 0.873. The molecule has 1 aliphatic heterocycles. The Kier molecular flexibility index (Phi) is 4.30. The zero-order valence-electron chi connectivity index (χ0n) is 15.0. The smallest absolute Gasteiger partial charge is 0.123 e. The lowest BCUT2D eigenvalue weighted by Gasteiger charge is -2.28. The van der Waals surface area contributed by atoms with Crippen molar-refractivity contribution in [2.75, 3.05) is 13.2 Å². The molecule has 4 unspecified atom stereocenters. The van der Waals surface area contributed by atoms with Crippen molar-refractivity contribution in [3.05, 3.63) is 65.2 Å². The first-order valence-corrected chi connectivity index (χ1v) is 9.30. The highest BCUT2D eigenvalue weighted by Crippen LogP contribution is 2.60. The van der Waals surface area contributed by atoms with E-state index >= 15 is 0 Å². The van der Waals surface area contributed by atoms with E-state index in [1.165, 1.54) is 17.5 Å². The number of hydrogen-bond acceptors (Lipinski definition) is 3. The van der Waals surface area contributed by atoms with Crippen LogP contribution >= 0.6 is 0 Å². The van der Waals surface area contributed by atoms with Crippen molar-refractivity contribution >= 4 is 0 Å². The fourth-order valence-corrected chi connectivity index (χ4v) is 4.38. The van der Waals surface area contributed by atoms with E-state index in [1.807, 2.05) is 13.0 Å². The van der Waals surface area contributed by atoms with E-state index in [0.29, 0.717) is 5.92 Å². The van der Waals surface area contributed by atoms with Crippen LogP contribution in [0.1, 0.15) is 42.5 Å². The van der Waals surface area contributed by atoms with Gasteiger partial charge in [-0.15, -0.1) is 0 Å². The Morgan fingerprint density at radius 2 is 1.96 bits per heavy atom. The zero-order valence-corrected chi connectivity index (χ0v) is 15.0. The maximum atomic E-state index is 10.2. The lowest BCUT2D eigenvalue weighted by atomic mass is 9.87. The van der Waals surface area contributed by atoms with Gasteiger partial charge in [0.2, 0.25) is 0 Å². The van der Waals surface area contributed by atoms with Crippen LogP contribution in [0.5, 0.6) is 5.75 Å². The average molecular weight is 337 g/mol. The summed E-state index contributed by atoms with van der Waals surface area (Å²) < 4.78 is 5.83. The second kappa shape index (κ2) is 6.47. The Balaban J connectivity index is 1.46. The standard InChI is InChI=1S/C22H27NO2/c1-15-7-9-17(10-8-15)21(16(2)24)23-14-18-13-22(18)11-12-25-20-6-4-3-5-19(20)22/h3-10,16,18,21,23-24H,11-14H2,1-2H3. The molecule has 3 heteroatoms. The van der Waals surface area contributed by atoms with Crippen molar-refractivity contribution in [1.29, 1.82) is 0 Å². The number of aliphatic hydroxyl groups is 1. The average Bonchev–Trinajstić information content (AvgIpc) is 3.30. The molecular weight excluding hydrogens is 310 g/mol. The SMILES string of the molecule is Cc1ccc(C(NCC2CC23CCOc2ccccc23)C(C)O)cc1. The van der Waals surface area contributed by atoms with E-state index in [-0.39, 0.29) is 11.5 Å². The maximum Gasteiger partial charge on any atom is 0.123 e. The Bertz CT molecular complexity index is 740. The molecule has 4 rings (SSSR count). The molecule has 25 heavy (non-hydrogen) atoms. The van der Waals surface area contributed by atoms with Crippen molar-refractivity contribution < 1.29 is 9.84 Å². The van der Waals surface area contributed by atoms with E-state index in [9.17, 15) is 5.11 Å². The summed E-state index contributed by atoms with van der Waals surface area (Å²) in [5, 5.41) is 13.9. The van der Waals surface area contributed by atoms with Gasteiger partial charge in [0.05, 0.1) is 18.8 Å². The Morgan fingerprint density at radius 1 is 1.20 bits per heavy atom. The zero-order chi connectivity index (χ0) is 17.4. The highest BCUT2D eigenvalue weighted by molar-refractivity contribution is 5.46. The molecule has 3 nitrogen and oxygen atoms in total. The van der Waals surface area contributed by atoms with E-state index in [0.717, 1.165) is 30.9 Å². The van der Waals surface area contributed by atoms with Crippen LogP contribution in [0.4, 0.5) is 0 Å². The molecule has 132 valence electrons. The first kappa shape index (κ1) is 16.6. The van der Waals surface area contributed by atoms with E-state index < -0.39 is 6.10 Å². The molecule has 0 saturated heterocycles. The van der Waals surface area contributed by atoms with E-state index in [1.54, 1.807) is 0 Å². The summed E-state index contributed by atoms with van der Waals surface area (Å²) in [5.41, 5.74) is 4.05. The Labute approximate surface area is 150 Å². The molecule has 0 aromatic heterocycles. The van der Waals surface area contributed by atoms with Crippen molar-refractivity contribution in [3.63, 3.8) is 0 Å². The molecule has 1 heterocycles. The number of aliphatic hydroxyl groups excluding tert-OH is 1. The third-order valence-corrected chi connectivity index (χ3v) is 5.96. The number of nitrogens with one attached hydrogen (secondary N) is 1. The van der Waals surface area contributed by atoms with Gasteiger partial charge in [-0.3, -0.25) is 0 Å². The van der Waals surface area contributed by atoms with E-state index in [2.05, 4.69) is 54.7 Å². The minimum absolute atomic E-state index is 0.0201. The third kappa shape index (κ3) is 3.07. The summed E-state index contributed by atoms with van der Waals surface area (Å²) in [7, 11) is 0. The van der Waals surface area contributed by atoms with Crippen LogP contribution < -0.4 is 10.1 Å². The number of benzene rings is 2. The first-order valence-electron chi connectivity index (χ1n) is 9.30. The van der Waals surface area contributed by atoms with Gasteiger partial charge in [-0.05, 0) is 50.8 Å². The van der Waals surface area contributed by atoms with Crippen LogP contribution in [0, 0.1) is 12.8 Å². The summed E-state index contributed by atoms with van der Waals surface area (Å²) in [6.45, 7) is 5.69. The number of aryl methyl sites for hydroxylation is 1. The molecule has 2 aromatic rings. The molecule has 0 amide bonds. The number of hydrogen-bond donors (Lipinski definition) is 2. The molecule has 0 bridgehead atoms. The largest absolute Gasteiger partial charge is 0.493 e. The molecule has 2 aromatic carbocycles. The molecule has 1 aliphatic carbocycles. The predicted octanol–water partition coefficient (Wildman–Crippen LogP) is 3.75. The number of fused-ring (bicyclic) bond motifs is 2. The highest BCUT2D eigenvalue weighted by Gasteiger charge is 2.57. The summed E-state index contributed by atoms with van der Waals surface area (Å²) in [4.78, 5) is 0. The van der Waals surface area contributed by atoms with Crippen LogP contribution in [0.3, 0.4) is 0 Å². The van der Waals surface area contributed by atoms with Crippen molar-refractivity contribution in [1.82, 2.24) is 5.32 Å². The normalized spacial score (nSPS) is 26.6. The number of rotatable bonds is 5. The number of ether oxygens (including phenoxy) is 1. The van der Waals surface area contributed by atoms with Crippen LogP contribution in [0.2, 0.25) is 0 Å². The number of para-hydroxylation sites is 1. The summed E-state index contributed by atoms with van der Waals surface area (Å²) >= 11 is 0. The highest BCUT2D eigenvalue weighted by atomic mass is 16.5. The van der Waals surface area contributed by atoms with Crippen molar-refractivity contribution in [3.8, 4) is 5.75 Å². The van der Waals surface area contributed by atoms with E-state index in [4.69, 9.17) is 4.74 Å². The Hall–Kier alpha value is -1.84. The molecule has 0 radical (unpaired) electrons. The first-order chi connectivity index (χ1) is 12.1. The van der Waals surface area contributed by atoms with Crippen molar-refractivity contribution in [2.45, 2.75) is 44.2 Å². The fourth-order valence-electron chi connectivity index (χ4n) is 4.38. The minimum Gasteiger partial charge on any atom is -0.493 e. The van der Waals surface area contributed by atoms with Crippen LogP contribution in [0.25, 0.3) is 0 Å².